The number of ether oxygens (including phenoxy) is 1. The smallest absolute Gasteiger partial charge is 0.251 e. The summed E-state index contributed by atoms with van der Waals surface area (Å²) in [5, 5.41) is 6.32. The van der Waals surface area contributed by atoms with Crippen molar-refractivity contribution in [2.24, 2.45) is 5.92 Å². The predicted octanol–water partition coefficient (Wildman–Crippen LogP) is 6.67. The van der Waals surface area contributed by atoms with Crippen LogP contribution in [0.1, 0.15) is 60.9 Å². The fourth-order valence-corrected chi connectivity index (χ4v) is 7.08. The van der Waals surface area contributed by atoms with Crippen LogP contribution in [0.25, 0.3) is 0 Å². The molecule has 2 fully saturated rings. The van der Waals surface area contributed by atoms with Crippen LogP contribution in [-0.4, -0.2) is 53.4 Å². The summed E-state index contributed by atoms with van der Waals surface area (Å²) in [4.78, 5) is 29.2. The van der Waals surface area contributed by atoms with Crippen molar-refractivity contribution >= 4 is 23.6 Å². The number of nitrogens with one attached hydrogen (secondary N) is 2. The third kappa shape index (κ3) is 9.36. The van der Waals surface area contributed by atoms with Crippen molar-refractivity contribution in [2.45, 2.75) is 63.6 Å². The lowest BCUT2D eigenvalue weighted by molar-refractivity contribution is -0.123. The van der Waals surface area contributed by atoms with Gasteiger partial charge in [-0.1, -0.05) is 67.8 Å². The van der Waals surface area contributed by atoms with Gasteiger partial charge in [0.25, 0.3) is 5.91 Å². The van der Waals surface area contributed by atoms with Crippen molar-refractivity contribution < 1.29 is 14.3 Å². The predicted molar refractivity (Wildman–Crippen MR) is 171 cm³/mol. The van der Waals surface area contributed by atoms with Crippen molar-refractivity contribution in [2.75, 3.05) is 24.6 Å². The molecule has 0 aromatic heterocycles. The number of rotatable bonds is 12. The molecule has 0 bridgehead atoms. The molecule has 1 saturated heterocycles. The molecular weight excluding hydrogens is 542 g/mol. The van der Waals surface area contributed by atoms with E-state index in [9.17, 15) is 9.59 Å². The van der Waals surface area contributed by atoms with Gasteiger partial charge < -0.3 is 15.4 Å². The molecule has 1 heterocycles. The number of hydrogen-bond acceptors (Lipinski definition) is 5. The molecule has 0 spiro atoms. The Morgan fingerprint density at radius 3 is 2.14 bits per heavy atom. The van der Waals surface area contributed by atoms with Crippen LogP contribution in [0.2, 0.25) is 0 Å². The molecule has 3 aromatic rings. The lowest BCUT2D eigenvalue weighted by Crippen LogP contribution is -2.53. The Hall–Kier alpha value is -3.29. The van der Waals surface area contributed by atoms with Gasteiger partial charge in [-0.15, -0.1) is 0 Å². The van der Waals surface area contributed by atoms with E-state index in [1.807, 2.05) is 36.4 Å². The summed E-state index contributed by atoms with van der Waals surface area (Å²) in [5.41, 5.74) is 1.83. The van der Waals surface area contributed by atoms with Gasteiger partial charge in [-0.25, -0.2) is 0 Å². The number of amides is 2. The summed E-state index contributed by atoms with van der Waals surface area (Å²) >= 11 is 1.80. The van der Waals surface area contributed by atoms with E-state index in [1.165, 1.54) is 37.7 Å². The molecule has 1 aliphatic heterocycles. The maximum Gasteiger partial charge on any atom is 0.251 e. The number of piperidine rings is 1. The van der Waals surface area contributed by atoms with Gasteiger partial charge in [0.1, 0.15) is 17.5 Å². The van der Waals surface area contributed by atoms with E-state index in [2.05, 4.69) is 39.8 Å². The van der Waals surface area contributed by atoms with Gasteiger partial charge in [0.2, 0.25) is 5.91 Å². The summed E-state index contributed by atoms with van der Waals surface area (Å²) in [6.45, 7) is 2.84. The van der Waals surface area contributed by atoms with Gasteiger partial charge in [0, 0.05) is 37.0 Å². The SMILES string of the molecule is O=C(N[C@@H](CSCC1CCCCC1)C(=O)NC1CCN(Cc2ccccc2)CC1)c1ccc(Oc2ccccc2)cc1. The average molecular weight is 586 g/mol. The molecule has 2 aliphatic rings. The van der Waals surface area contributed by atoms with Crippen LogP contribution < -0.4 is 15.4 Å². The Labute approximate surface area is 254 Å². The highest BCUT2D eigenvalue weighted by molar-refractivity contribution is 7.99. The largest absolute Gasteiger partial charge is 0.457 e. The van der Waals surface area contributed by atoms with Crippen LogP contribution >= 0.6 is 11.8 Å². The number of thioether (sulfide) groups is 1. The summed E-state index contributed by atoms with van der Waals surface area (Å²) in [6.07, 6.45) is 8.32. The molecule has 42 heavy (non-hydrogen) atoms. The van der Waals surface area contributed by atoms with Crippen molar-refractivity contribution in [3.8, 4) is 11.5 Å². The van der Waals surface area contributed by atoms with E-state index in [4.69, 9.17) is 4.74 Å². The molecule has 7 heteroatoms. The minimum atomic E-state index is -0.575. The van der Waals surface area contributed by atoms with Gasteiger partial charge in [0.05, 0.1) is 0 Å². The Balaban J connectivity index is 1.15. The summed E-state index contributed by atoms with van der Waals surface area (Å²) in [6, 6.07) is 26.7. The third-order valence-corrected chi connectivity index (χ3v) is 9.54. The van der Waals surface area contributed by atoms with E-state index in [1.54, 1.807) is 36.0 Å². The quantitative estimate of drug-likeness (QED) is 0.248. The fourth-order valence-electron chi connectivity index (χ4n) is 5.81. The van der Waals surface area contributed by atoms with Crippen molar-refractivity contribution in [1.82, 2.24) is 15.5 Å². The highest BCUT2D eigenvalue weighted by atomic mass is 32.2. The second-order valence-corrected chi connectivity index (χ2v) is 12.6. The monoisotopic (exact) mass is 585 g/mol. The molecule has 3 aromatic carbocycles. The van der Waals surface area contributed by atoms with Gasteiger partial charge in [0.15, 0.2) is 0 Å². The Morgan fingerprint density at radius 2 is 1.45 bits per heavy atom. The van der Waals surface area contributed by atoms with Crippen LogP contribution in [0.15, 0.2) is 84.9 Å². The molecule has 1 aliphatic carbocycles. The Bertz CT molecular complexity index is 1240. The highest BCUT2D eigenvalue weighted by Crippen LogP contribution is 2.27. The molecule has 222 valence electrons. The van der Waals surface area contributed by atoms with Gasteiger partial charge in [-0.3, -0.25) is 14.5 Å². The minimum Gasteiger partial charge on any atom is -0.457 e. The van der Waals surface area contributed by atoms with Gasteiger partial charge in [-0.2, -0.15) is 11.8 Å². The first-order chi connectivity index (χ1) is 20.6. The molecule has 5 rings (SSSR count). The molecule has 2 amide bonds. The Morgan fingerprint density at radius 1 is 0.810 bits per heavy atom. The van der Waals surface area contributed by atoms with Gasteiger partial charge in [-0.05, 0) is 79.3 Å². The summed E-state index contributed by atoms with van der Waals surface area (Å²) in [5.74, 6) is 3.43. The molecule has 0 unspecified atom stereocenters. The maximum atomic E-state index is 13.5. The second kappa shape index (κ2) is 15.8. The first-order valence-corrected chi connectivity index (χ1v) is 16.6. The average Bonchev–Trinajstić information content (AvgIpc) is 3.03. The summed E-state index contributed by atoms with van der Waals surface area (Å²) in [7, 11) is 0. The van der Waals surface area contributed by atoms with Crippen molar-refractivity contribution in [3.05, 3.63) is 96.1 Å². The van der Waals surface area contributed by atoms with Crippen LogP contribution in [0, 0.1) is 5.92 Å². The van der Waals surface area contributed by atoms with E-state index >= 15 is 0 Å². The molecule has 1 saturated carbocycles. The number of para-hydroxylation sites is 1. The molecule has 2 N–H and O–H groups in total. The molecular formula is C35H43N3O3S. The number of carbonyl (C=O) groups excluding carboxylic acids is 2. The van der Waals surface area contributed by atoms with E-state index in [-0.39, 0.29) is 17.9 Å². The summed E-state index contributed by atoms with van der Waals surface area (Å²) < 4.78 is 5.87. The van der Waals surface area contributed by atoms with Gasteiger partial charge >= 0.3 is 0 Å². The topological polar surface area (TPSA) is 70.7 Å². The number of carbonyl (C=O) groups is 2. The second-order valence-electron chi connectivity index (χ2n) is 11.6. The van der Waals surface area contributed by atoms with Crippen LogP contribution in [-0.2, 0) is 11.3 Å². The first-order valence-electron chi connectivity index (χ1n) is 15.4. The molecule has 1 atom stereocenters. The van der Waals surface area contributed by atoms with Crippen molar-refractivity contribution in [1.29, 1.82) is 0 Å². The number of nitrogens with zero attached hydrogens (tertiary/aromatic N) is 1. The van der Waals surface area contributed by atoms with Crippen LogP contribution in [0.3, 0.4) is 0 Å². The first kappa shape index (κ1) is 30.2. The minimum absolute atomic E-state index is 0.0787. The fraction of sp³-hybridized carbons (Fsp3) is 0.429. The number of benzene rings is 3. The lowest BCUT2D eigenvalue weighted by atomic mass is 9.91. The number of hydrogen-bond donors (Lipinski definition) is 2. The zero-order chi connectivity index (χ0) is 29.0. The molecule has 0 radical (unpaired) electrons. The highest BCUT2D eigenvalue weighted by Gasteiger charge is 2.27. The third-order valence-electron chi connectivity index (χ3n) is 8.26. The standard InChI is InChI=1S/C35H43N3O3S/c39-34(29-16-18-32(19-17-29)41-31-14-8-3-9-15-31)37-33(26-42-25-28-12-6-2-7-13-28)35(40)36-30-20-22-38(23-21-30)24-27-10-4-1-5-11-27/h1,3-5,8-11,14-19,28,30,33H,2,6-7,12-13,20-26H2,(H,36,40)(H,37,39)/t33-/m0/s1. The van der Waals surface area contributed by atoms with Crippen molar-refractivity contribution in [3.63, 3.8) is 0 Å². The Kier molecular flexibility index (Phi) is 11.4. The number of likely N-dealkylation sites (tertiary alicyclic amines) is 1. The maximum absolute atomic E-state index is 13.5. The van der Waals surface area contributed by atoms with Crippen LogP contribution in [0.5, 0.6) is 11.5 Å². The lowest BCUT2D eigenvalue weighted by Gasteiger charge is -2.33. The van der Waals surface area contributed by atoms with E-state index < -0.39 is 6.04 Å². The van der Waals surface area contributed by atoms with E-state index in [0.29, 0.717) is 23.0 Å². The van der Waals surface area contributed by atoms with E-state index in [0.717, 1.165) is 44.0 Å². The zero-order valence-corrected chi connectivity index (χ0v) is 25.2. The molecule has 6 nitrogen and oxygen atoms in total. The zero-order valence-electron chi connectivity index (χ0n) is 24.4. The van der Waals surface area contributed by atoms with Crippen LogP contribution in [0.4, 0.5) is 0 Å². The normalized spacial score (nSPS) is 17.3.